The summed E-state index contributed by atoms with van der Waals surface area (Å²) in [7, 11) is 3.03. The van der Waals surface area contributed by atoms with E-state index in [1.54, 1.807) is 42.3 Å². The molecule has 0 aliphatic rings. The standard InChI is InChI=1S/C13H13N3O2.C12H13F3N2O/c1-3-7-15(8-4-2)12-6-5-11(10-14)9-13(12)16(17)18;1-17(5-6-18-2)11-4-3-9(8-16)7-10(11)12(13,14)15/h3-6,9H,1-2,7-8H2;3-4,7H,5-6H2,1-2H3. The Balaban J connectivity index is 0.000000360. The normalized spacial score (nSPS) is 10.2. The van der Waals surface area contributed by atoms with E-state index >= 15 is 0 Å². The molecule has 0 amide bonds. The fourth-order valence-electron chi connectivity index (χ4n) is 3.10. The lowest BCUT2D eigenvalue weighted by Gasteiger charge is -2.23. The minimum Gasteiger partial charge on any atom is -0.383 e. The topological polar surface area (TPSA) is 106 Å². The monoisotopic (exact) mass is 501 g/mol. The average Bonchev–Trinajstić information content (AvgIpc) is 2.86. The molecule has 0 radical (unpaired) electrons. The van der Waals surface area contributed by atoms with Crippen molar-refractivity contribution in [1.82, 2.24) is 0 Å². The highest BCUT2D eigenvalue weighted by molar-refractivity contribution is 5.66. The zero-order valence-corrected chi connectivity index (χ0v) is 20.0. The van der Waals surface area contributed by atoms with Crippen molar-refractivity contribution in [3.8, 4) is 12.1 Å². The van der Waals surface area contributed by atoms with E-state index in [0.29, 0.717) is 31.9 Å². The second-order valence-electron chi connectivity index (χ2n) is 7.31. The second-order valence-corrected chi connectivity index (χ2v) is 7.31. The first-order valence-corrected chi connectivity index (χ1v) is 10.5. The molecule has 0 aromatic heterocycles. The van der Waals surface area contributed by atoms with Crippen LogP contribution in [0.2, 0.25) is 0 Å². The maximum atomic E-state index is 12.9. The summed E-state index contributed by atoms with van der Waals surface area (Å²) in [5, 5.41) is 28.4. The molecular formula is C25H26F3N5O3. The molecule has 2 aromatic rings. The summed E-state index contributed by atoms with van der Waals surface area (Å²) in [5.41, 5.74) is -0.135. The number of nitro benzene ring substituents is 1. The van der Waals surface area contributed by atoms with Gasteiger partial charge < -0.3 is 14.5 Å². The number of hydrogen-bond acceptors (Lipinski definition) is 7. The molecule has 190 valence electrons. The second kappa shape index (κ2) is 14.1. The number of methoxy groups -OCH3 is 1. The highest BCUT2D eigenvalue weighted by Gasteiger charge is 2.34. The van der Waals surface area contributed by atoms with Crippen LogP contribution >= 0.6 is 0 Å². The molecule has 0 aliphatic carbocycles. The molecule has 0 saturated heterocycles. The first kappa shape index (κ1) is 29.7. The highest BCUT2D eigenvalue weighted by Crippen LogP contribution is 2.36. The number of benzene rings is 2. The minimum atomic E-state index is -4.48. The maximum absolute atomic E-state index is 12.9. The average molecular weight is 502 g/mol. The third kappa shape index (κ3) is 8.46. The summed E-state index contributed by atoms with van der Waals surface area (Å²) in [6.45, 7) is 8.84. The van der Waals surface area contributed by atoms with Gasteiger partial charge in [-0.2, -0.15) is 23.7 Å². The summed E-state index contributed by atoms with van der Waals surface area (Å²) in [5.74, 6) is 0. The van der Waals surface area contributed by atoms with Crippen LogP contribution < -0.4 is 9.80 Å². The van der Waals surface area contributed by atoms with E-state index in [-0.39, 0.29) is 22.5 Å². The summed E-state index contributed by atoms with van der Waals surface area (Å²) >= 11 is 0. The van der Waals surface area contributed by atoms with Crippen molar-refractivity contribution in [2.45, 2.75) is 6.18 Å². The Morgan fingerprint density at radius 1 is 1.06 bits per heavy atom. The molecular weight excluding hydrogens is 475 g/mol. The Hall–Kier alpha value is -4.35. The molecule has 0 bridgehead atoms. The van der Waals surface area contributed by atoms with E-state index < -0.39 is 16.7 Å². The smallest absolute Gasteiger partial charge is 0.383 e. The van der Waals surface area contributed by atoms with Crippen molar-refractivity contribution in [2.24, 2.45) is 0 Å². The van der Waals surface area contributed by atoms with Crippen LogP contribution in [-0.2, 0) is 10.9 Å². The Bertz CT molecular complexity index is 1140. The lowest BCUT2D eigenvalue weighted by Crippen LogP contribution is -2.25. The van der Waals surface area contributed by atoms with Gasteiger partial charge in [0.05, 0.1) is 40.4 Å². The number of hydrogen-bond donors (Lipinski definition) is 0. The molecule has 0 atom stereocenters. The number of rotatable bonds is 10. The first-order valence-electron chi connectivity index (χ1n) is 10.5. The van der Waals surface area contributed by atoms with Gasteiger partial charge in [0.15, 0.2) is 0 Å². The molecule has 0 spiro atoms. The van der Waals surface area contributed by atoms with Crippen LogP contribution in [0.1, 0.15) is 16.7 Å². The third-order valence-electron chi connectivity index (χ3n) is 4.81. The van der Waals surface area contributed by atoms with Crippen molar-refractivity contribution in [3.63, 3.8) is 0 Å². The summed E-state index contributed by atoms with van der Waals surface area (Å²) < 4.78 is 43.5. The van der Waals surface area contributed by atoms with Crippen LogP contribution in [0.5, 0.6) is 0 Å². The van der Waals surface area contributed by atoms with Crippen molar-refractivity contribution in [3.05, 3.63) is 88.5 Å². The molecule has 0 unspecified atom stereocenters. The van der Waals surface area contributed by atoms with Gasteiger partial charge in [0, 0.05) is 45.5 Å². The van der Waals surface area contributed by atoms with Gasteiger partial charge in [0.25, 0.3) is 5.69 Å². The van der Waals surface area contributed by atoms with E-state index in [4.69, 9.17) is 15.3 Å². The van der Waals surface area contributed by atoms with Crippen LogP contribution in [-0.4, -0.2) is 45.3 Å². The van der Waals surface area contributed by atoms with Crippen molar-refractivity contribution >= 4 is 17.1 Å². The van der Waals surface area contributed by atoms with Gasteiger partial charge in [-0.25, -0.2) is 0 Å². The van der Waals surface area contributed by atoms with E-state index in [1.165, 1.54) is 30.2 Å². The van der Waals surface area contributed by atoms with Gasteiger partial charge in [0.1, 0.15) is 5.69 Å². The van der Waals surface area contributed by atoms with Crippen LogP contribution in [0.25, 0.3) is 0 Å². The summed E-state index contributed by atoms with van der Waals surface area (Å²) in [4.78, 5) is 13.7. The predicted molar refractivity (Wildman–Crippen MR) is 132 cm³/mol. The summed E-state index contributed by atoms with van der Waals surface area (Å²) in [6.07, 6.45) is -1.17. The number of ether oxygens (including phenoxy) is 1. The molecule has 11 heteroatoms. The number of nitriles is 2. The number of alkyl halides is 3. The molecule has 0 fully saturated rings. The van der Waals surface area contributed by atoms with Gasteiger partial charge in [-0.3, -0.25) is 10.1 Å². The number of halogens is 3. The van der Waals surface area contributed by atoms with Crippen molar-refractivity contribution in [1.29, 1.82) is 10.5 Å². The molecule has 36 heavy (non-hydrogen) atoms. The van der Waals surface area contributed by atoms with Crippen molar-refractivity contribution in [2.75, 3.05) is 50.2 Å². The number of likely N-dealkylation sites (N-methyl/N-ethyl adjacent to an activating group) is 1. The van der Waals surface area contributed by atoms with Gasteiger partial charge in [-0.05, 0) is 30.3 Å². The lowest BCUT2D eigenvalue weighted by atomic mass is 10.1. The van der Waals surface area contributed by atoms with Crippen LogP contribution in [0.4, 0.5) is 30.2 Å². The van der Waals surface area contributed by atoms with E-state index in [2.05, 4.69) is 13.2 Å². The molecule has 0 saturated carbocycles. The van der Waals surface area contributed by atoms with Crippen LogP contribution in [0.3, 0.4) is 0 Å². The Labute approximate surface area is 207 Å². The Kier molecular flexibility index (Phi) is 11.7. The van der Waals surface area contributed by atoms with Gasteiger partial charge >= 0.3 is 6.18 Å². The van der Waals surface area contributed by atoms with Gasteiger partial charge in [0.2, 0.25) is 0 Å². The van der Waals surface area contributed by atoms with E-state index in [0.717, 1.165) is 6.07 Å². The maximum Gasteiger partial charge on any atom is 0.418 e. The largest absolute Gasteiger partial charge is 0.418 e. The number of nitrogens with zero attached hydrogens (tertiary/aromatic N) is 5. The van der Waals surface area contributed by atoms with Gasteiger partial charge in [-0.1, -0.05) is 12.2 Å². The molecule has 0 heterocycles. The lowest BCUT2D eigenvalue weighted by molar-refractivity contribution is -0.384. The van der Waals surface area contributed by atoms with Crippen LogP contribution in [0, 0.1) is 32.8 Å². The fourth-order valence-corrected chi connectivity index (χ4v) is 3.10. The predicted octanol–water partition coefficient (Wildman–Crippen LogP) is 5.30. The van der Waals surface area contributed by atoms with E-state index in [9.17, 15) is 23.3 Å². The Morgan fingerprint density at radius 2 is 1.58 bits per heavy atom. The number of nitro groups is 1. The highest BCUT2D eigenvalue weighted by atomic mass is 19.4. The molecule has 0 N–H and O–H groups in total. The fraction of sp³-hybridized carbons (Fsp3) is 0.280. The quantitative estimate of drug-likeness (QED) is 0.247. The first-order chi connectivity index (χ1) is 17.0. The number of anilines is 2. The molecule has 2 rings (SSSR count). The van der Waals surface area contributed by atoms with E-state index in [1.807, 2.05) is 6.07 Å². The Morgan fingerprint density at radius 3 is 2.03 bits per heavy atom. The zero-order valence-electron chi connectivity index (χ0n) is 20.0. The zero-order chi connectivity index (χ0) is 27.3. The minimum absolute atomic E-state index is 0.00813. The third-order valence-corrected chi connectivity index (χ3v) is 4.81. The molecule has 8 nitrogen and oxygen atoms in total. The van der Waals surface area contributed by atoms with Crippen molar-refractivity contribution < 1.29 is 22.8 Å². The SMILES string of the molecule is C=CCN(CC=C)c1ccc(C#N)cc1[N+](=O)[O-].COCCN(C)c1ccc(C#N)cc1C(F)(F)F. The van der Waals surface area contributed by atoms with Gasteiger partial charge in [-0.15, -0.1) is 13.2 Å². The molecule has 2 aromatic carbocycles. The summed E-state index contributed by atoms with van der Waals surface area (Å²) in [6, 6.07) is 11.5. The molecule has 0 aliphatic heterocycles. The van der Waals surface area contributed by atoms with Crippen LogP contribution in [0.15, 0.2) is 61.7 Å².